The number of benzene rings is 1. The van der Waals surface area contributed by atoms with Crippen LogP contribution >= 0.6 is 0 Å². The van der Waals surface area contributed by atoms with Crippen molar-refractivity contribution in [1.82, 2.24) is 0 Å². The Balaban J connectivity index is 2.19. The summed E-state index contributed by atoms with van der Waals surface area (Å²) in [5, 5.41) is 0. The minimum atomic E-state index is -3.66. The van der Waals surface area contributed by atoms with E-state index in [0.717, 1.165) is 11.1 Å². The van der Waals surface area contributed by atoms with Gasteiger partial charge in [0.15, 0.2) is 0 Å². The van der Waals surface area contributed by atoms with E-state index in [9.17, 15) is 8.42 Å². The zero-order valence-corrected chi connectivity index (χ0v) is 11.5. The summed E-state index contributed by atoms with van der Waals surface area (Å²) in [6, 6.07) is 5.24. The Labute approximate surface area is 108 Å². The largest absolute Gasteiger partial charge is 0.381 e. The molecule has 1 aromatic carbocycles. The minimum Gasteiger partial charge on any atom is -0.381 e. The highest BCUT2D eigenvalue weighted by Gasteiger charge is 2.24. The smallest absolute Gasteiger partial charge is 0.297 e. The average molecular weight is 270 g/mol. The molecule has 1 aromatic rings. The van der Waals surface area contributed by atoms with Gasteiger partial charge in [0, 0.05) is 13.2 Å². The fourth-order valence-corrected chi connectivity index (χ4v) is 3.43. The van der Waals surface area contributed by atoms with E-state index in [2.05, 4.69) is 0 Å². The molecule has 4 nitrogen and oxygen atoms in total. The van der Waals surface area contributed by atoms with Gasteiger partial charge in [-0.1, -0.05) is 17.7 Å². The van der Waals surface area contributed by atoms with Gasteiger partial charge in [0.25, 0.3) is 10.1 Å². The quantitative estimate of drug-likeness (QED) is 0.790. The molecule has 18 heavy (non-hydrogen) atoms. The van der Waals surface area contributed by atoms with Crippen molar-refractivity contribution in [3.63, 3.8) is 0 Å². The van der Waals surface area contributed by atoms with Crippen LogP contribution in [0.1, 0.15) is 24.0 Å². The monoisotopic (exact) mass is 270 g/mol. The Morgan fingerprint density at radius 2 is 1.89 bits per heavy atom. The summed E-state index contributed by atoms with van der Waals surface area (Å²) in [5.74, 6) is 0. The van der Waals surface area contributed by atoms with E-state index in [-0.39, 0.29) is 11.0 Å². The molecule has 0 aliphatic carbocycles. The van der Waals surface area contributed by atoms with Crippen LogP contribution in [-0.2, 0) is 19.0 Å². The molecule has 0 aromatic heterocycles. The van der Waals surface area contributed by atoms with E-state index >= 15 is 0 Å². The molecule has 1 fully saturated rings. The Hall–Kier alpha value is -0.910. The van der Waals surface area contributed by atoms with Gasteiger partial charge in [-0.2, -0.15) is 8.42 Å². The zero-order valence-electron chi connectivity index (χ0n) is 10.7. The molecule has 0 unspecified atom stereocenters. The fourth-order valence-electron chi connectivity index (χ4n) is 2.08. The second-order valence-corrected chi connectivity index (χ2v) is 6.17. The van der Waals surface area contributed by atoms with E-state index in [1.54, 1.807) is 19.1 Å². The first kappa shape index (κ1) is 13.5. The van der Waals surface area contributed by atoms with Crippen molar-refractivity contribution in [2.75, 3.05) is 13.2 Å². The van der Waals surface area contributed by atoms with Crippen LogP contribution < -0.4 is 0 Å². The standard InChI is InChI=1S/C13H18O4S/c1-10-3-4-13(11(2)9-10)18(14,15)17-12-5-7-16-8-6-12/h3-4,9,12H,5-8H2,1-2H3. The second-order valence-electron chi connectivity index (χ2n) is 4.63. The first-order valence-electron chi connectivity index (χ1n) is 6.07. The number of hydrogen-bond donors (Lipinski definition) is 0. The van der Waals surface area contributed by atoms with E-state index in [0.29, 0.717) is 26.1 Å². The van der Waals surface area contributed by atoms with E-state index in [4.69, 9.17) is 8.92 Å². The van der Waals surface area contributed by atoms with Crippen LogP contribution in [0.3, 0.4) is 0 Å². The van der Waals surface area contributed by atoms with Gasteiger partial charge in [-0.3, -0.25) is 4.18 Å². The number of hydrogen-bond acceptors (Lipinski definition) is 4. The molecule has 0 amide bonds. The Morgan fingerprint density at radius 3 is 2.50 bits per heavy atom. The lowest BCUT2D eigenvalue weighted by molar-refractivity contribution is 0.0284. The molecule has 0 atom stereocenters. The Morgan fingerprint density at radius 1 is 1.22 bits per heavy atom. The Bertz CT molecular complexity index is 516. The highest BCUT2D eigenvalue weighted by Crippen LogP contribution is 2.22. The fraction of sp³-hybridized carbons (Fsp3) is 0.538. The minimum absolute atomic E-state index is 0.260. The third-order valence-corrected chi connectivity index (χ3v) is 4.55. The average Bonchev–Trinajstić information content (AvgIpc) is 2.29. The summed E-state index contributed by atoms with van der Waals surface area (Å²) in [7, 11) is -3.66. The molecule has 0 spiro atoms. The van der Waals surface area contributed by atoms with Crippen LogP contribution in [0.4, 0.5) is 0 Å². The summed E-state index contributed by atoms with van der Waals surface area (Å²) in [4.78, 5) is 0.264. The van der Waals surface area contributed by atoms with Gasteiger partial charge in [0.2, 0.25) is 0 Å². The van der Waals surface area contributed by atoms with Gasteiger partial charge in [0.05, 0.1) is 11.0 Å². The molecule has 5 heteroatoms. The highest BCUT2D eigenvalue weighted by molar-refractivity contribution is 7.86. The van der Waals surface area contributed by atoms with Gasteiger partial charge in [0.1, 0.15) is 0 Å². The summed E-state index contributed by atoms with van der Waals surface area (Å²) >= 11 is 0. The normalized spacial score (nSPS) is 17.9. The summed E-state index contributed by atoms with van der Waals surface area (Å²) in [6.45, 7) is 4.84. The Kier molecular flexibility index (Phi) is 4.04. The number of ether oxygens (including phenoxy) is 1. The predicted molar refractivity (Wildman–Crippen MR) is 68.0 cm³/mol. The van der Waals surface area contributed by atoms with E-state index < -0.39 is 10.1 Å². The van der Waals surface area contributed by atoms with Crippen LogP contribution in [0.25, 0.3) is 0 Å². The van der Waals surface area contributed by atoms with Crippen molar-refractivity contribution in [3.05, 3.63) is 29.3 Å². The second kappa shape index (κ2) is 5.38. The molecule has 1 saturated heterocycles. The van der Waals surface area contributed by atoms with Crippen LogP contribution in [0.15, 0.2) is 23.1 Å². The third kappa shape index (κ3) is 3.10. The van der Waals surface area contributed by atoms with Crippen molar-refractivity contribution in [3.8, 4) is 0 Å². The topological polar surface area (TPSA) is 52.6 Å². The van der Waals surface area contributed by atoms with Crippen LogP contribution in [0.5, 0.6) is 0 Å². The molecule has 0 N–H and O–H groups in total. The van der Waals surface area contributed by atoms with Crippen molar-refractivity contribution in [2.24, 2.45) is 0 Å². The van der Waals surface area contributed by atoms with Gasteiger partial charge in [-0.15, -0.1) is 0 Å². The van der Waals surface area contributed by atoms with Crippen molar-refractivity contribution < 1.29 is 17.3 Å². The first-order valence-corrected chi connectivity index (χ1v) is 7.48. The molecular weight excluding hydrogens is 252 g/mol. The van der Waals surface area contributed by atoms with Gasteiger partial charge in [-0.05, 0) is 38.3 Å². The number of aryl methyl sites for hydroxylation is 2. The van der Waals surface area contributed by atoms with Crippen molar-refractivity contribution in [2.45, 2.75) is 37.7 Å². The number of rotatable bonds is 3. The highest BCUT2D eigenvalue weighted by atomic mass is 32.2. The van der Waals surface area contributed by atoms with Crippen LogP contribution in [0.2, 0.25) is 0 Å². The van der Waals surface area contributed by atoms with Crippen molar-refractivity contribution in [1.29, 1.82) is 0 Å². The SMILES string of the molecule is Cc1ccc(S(=O)(=O)OC2CCOCC2)c(C)c1. The van der Waals surface area contributed by atoms with Gasteiger partial charge < -0.3 is 4.74 Å². The molecular formula is C13H18O4S. The van der Waals surface area contributed by atoms with E-state index in [1.807, 2.05) is 13.0 Å². The van der Waals surface area contributed by atoms with Gasteiger partial charge >= 0.3 is 0 Å². The predicted octanol–water partition coefficient (Wildman–Crippen LogP) is 2.19. The zero-order chi connectivity index (χ0) is 13.2. The summed E-state index contributed by atoms with van der Waals surface area (Å²) in [6.07, 6.45) is 0.998. The molecule has 1 heterocycles. The third-order valence-electron chi connectivity index (χ3n) is 3.03. The van der Waals surface area contributed by atoms with Crippen molar-refractivity contribution >= 4 is 10.1 Å². The van der Waals surface area contributed by atoms with E-state index in [1.165, 1.54) is 0 Å². The van der Waals surface area contributed by atoms with Crippen LogP contribution in [0, 0.1) is 13.8 Å². The molecule has 0 saturated carbocycles. The molecule has 0 bridgehead atoms. The first-order chi connectivity index (χ1) is 8.49. The maximum Gasteiger partial charge on any atom is 0.297 e. The lowest BCUT2D eigenvalue weighted by Gasteiger charge is -2.22. The van der Waals surface area contributed by atoms with Crippen LogP contribution in [-0.4, -0.2) is 27.7 Å². The molecule has 1 aliphatic heterocycles. The molecule has 2 rings (SSSR count). The summed E-state index contributed by atoms with van der Waals surface area (Å²) < 4.78 is 34.8. The van der Waals surface area contributed by atoms with Gasteiger partial charge in [-0.25, -0.2) is 0 Å². The lowest BCUT2D eigenvalue weighted by atomic mass is 10.2. The molecule has 100 valence electrons. The maximum absolute atomic E-state index is 12.2. The summed E-state index contributed by atoms with van der Waals surface area (Å²) in [5.41, 5.74) is 1.76. The molecule has 1 aliphatic rings. The maximum atomic E-state index is 12.2. The molecule has 0 radical (unpaired) electrons. The lowest BCUT2D eigenvalue weighted by Crippen LogP contribution is -2.26.